The van der Waals surface area contributed by atoms with Gasteiger partial charge in [0.1, 0.15) is 0 Å². The molecule has 1 aliphatic rings. The fraction of sp³-hybridized carbons (Fsp3) is 0.400. The smallest absolute Gasteiger partial charge is 0.169 e. The van der Waals surface area contributed by atoms with Gasteiger partial charge in [-0.05, 0) is 48.8 Å². The number of hydrogen-bond donors (Lipinski definition) is 2. The zero-order valence-corrected chi connectivity index (χ0v) is 12.7. The first-order valence-electron chi connectivity index (χ1n) is 6.63. The second-order valence-electron chi connectivity index (χ2n) is 4.82. The van der Waals surface area contributed by atoms with Crippen LogP contribution in [0.2, 0.25) is 0 Å². The number of rotatable bonds is 3. The SMILES string of the molecule is C=CCNC(=S)N1CCc2cc(O)c(OC)cc2C1C. The maximum absolute atomic E-state index is 9.86. The molecule has 0 radical (unpaired) electrons. The van der Waals surface area contributed by atoms with Crippen LogP contribution in [0.3, 0.4) is 0 Å². The van der Waals surface area contributed by atoms with E-state index in [1.807, 2.05) is 6.07 Å². The van der Waals surface area contributed by atoms with Crippen molar-refractivity contribution in [1.29, 1.82) is 0 Å². The van der Waals surface area contributed by atoms with Crippen LogP contribution in [0, 0.1) is 0 Å². The van der Waals surface area contributed by atoms with Gasteiger partial charge in [-0.2, -0.15) is 0 Å². The van der Waals surface area contributed by atoms with Crippen LogP contribution in [0.5, 0.6) is 11.5 Å². The molecule has 0 aromatic heterocycles. The van der Waals surface area contributed by atoms with E-state index >= 15 is 0 Å². The Morgan fingerprint density at radius 2 is 2.40 bits per heavy atom. The van der Waals surface area contributed by atoms with E-state index in [4.69, 9.17) is 17.0 Å². The Morgan fingerprint density at radius 1 is 1.65 bits per heavy atom. The summed E-state index contributed by atoms with van der Waals surface area (Å²) in [4.78, 5) is 2.15. The summed E-state index contributed by atoms with van der Waals surface area (Å²) in [5, 5.41) is 13.7. The molecule has 0 fully saturated rings. The van der Waals surface area contributed by atoms with Crippen molar-refractivity contribution in [3.05, 3.63) is 35.9 Å². The van der Waals surface area contributed by atoms with Crippen LogP contribution in [0.25, 0.3) is 0 Å². The van der Waals surface area contributed by atoms with Crippen LogP contribution in [0.4, 0.5) is 0 Å². The number of phenols is 1. The molecule has 2 N–H and O–H groups in total. The quantitative estimate of drug-likeness (QED) is 0.661. The normalized spacial score (nSPS) is 17.3. The number of phenolic OH excluding ortho intramolecular Hbond substituents is 1. The first-order valence-corrected chi connectivity index (χ1v) is 7.04. The van der Waals surface area contributed by atoms with Gasteiger partial charge in [0, 0.05) is 13.1 Å². The Kier molecular flexibility index (Phi) is 4.49. The molecule has 0 saturated carbocycles. The lowest BCUT2D eigenvalue weighted by molar-refractivity contribution is 0.311. The summed E-state index contributed by atoms with van der Waals surface area (Å²) < 4.78 is 5.19. The summed E-state index contributed by atoms with van der Waals surface area (Å²) in [6, 6.07) is 3.85. The molecule has 108 valence electrons. The number of methoxy groups -OCH3 is 1. The van der Waals surface area contributed by atoms with Gasteiger partial charge in [-0.15, -0.1) is 6.58 Å². The van der Waals surface area contributed by atoms with Crippen molar-refractivity contribution < 1.29 is 9.84 Å². The van der Waals surface area contributed by atoms with E-state index in [1.54, 1.807) is 19.3 Å². The zero-order chi connectivity index (χ0) is 14.7. The number of benzene rings is 1. The van der Waals surface area contributed by atoms with Gasteiger partial charge in [-0.25, -0.2) is 0 Å². The van der Waals surface area contributed by atoms with E-state index in [0.29, 0.717) is 12.3 Å². The molecule has 0 saturated heterocycles. The van der Waals surface area contributed by atoms with E-state index in [9.17, 15) is 5.11 Å². The molecular weight excluding hydrogens is 272 g/mol. The monoisotopic (exact) mass is 292 g/mol. The molecule has 4 nitrogen and oxygen atoms in total. The van der Waals surface area contributed by atoms with Gasteiger partial charge in [0.25, 0.3) is 0 Å². The Hall–Kier alpha value is -1.75. The van der Waals surface area contributed by atoms with Crippen molar-refractivity contribution in [3.63, 3.8) is 0 Å². The number of nitrogens with zero attached hydrogens (tertiary/aromatic N) is 1. The third-order valence-corrected chi connectivity index (χ3v) is 4.02. The first kappa shape index (κ1) is 14.7. The Bertz CT molecular complexity index is 531. The van der Waals surface area contributed by atoms with Crippen LogP contribution in [-0.4, -0.2) is 35.3 Å². The highest BCUT2D eigenvalue weighted by molar-refractivity contribution is 7.80. The van der Waals surface area contributed by atoms with Crippen LogP contribution in [-0.2, 0) is 6.42 Å². The van der Waals surface area contributed by atoms with Gasteiger partial charge in [0.15, 0.2) is 16.6 Å². The molecule has 5 heteroatoms. The maximum atomic E-state index is 9.86. The maximum Gasteiger partial charge on any atom is 0.169 e. The van der Waals surface area contributed by atoms with Crippen molar-refractivity contribution in [2.45, 2.75) is 19.4 Å². The highest BCUT2D eigenvalue weighted by Crippen LogP contribution is 2.37. The van der Waals surface area contributed by atoms with E-state index in [-0.39, 0.29) is 11.8 Å². The second kappa shape index (κ2) is 6.13. The van der Waals surface area contributed by atoms with Gasteiger partial charge in [0.2, 0.25) is 0 Å². The van der Waals surface area contributed by atoms with Crippen LogP contribution in [0.15, 0.2) is 24.8 Å². The summed E-state index contributed by atoms with van der Waals surface area (Å²) in [6.07, 6.45) is 2.64. The van der Waals surface area contributed by atoms with Crippen LogP contribution < -0.4 is 10.1 Å². The highest BCUT2D eigenvalue weighted by Gasteiger charge is 2.26. The first-order chi connectivity index (χ1) is 9.58. The van der Waals surface area contributed by atoms with E-state index in [1.165, 1.54) is 0 Å². The molecule has 1 unspecified atom stereocenters. The minimum atomic E-state index is 0.151. The summed E-state index contributed by atoms with van der Waals surface area (Å²) >= 11 is 5.42. The number of ether oxygens (including phenoxy) is 1. The lowest BCUT2D eigenvalue weighted by Crippen LogP contribution is -2.44. The molecular formula is C15H20N2O2S. The third-order valence-electron chi connectivity index (χ3n) is 3.64. The molecule has 0 amide bonds. The van der Waals surface area contributed by atoms with Crippen molar-refractivity contribution in [2.24, 2.45) is 0 Å². The molecule has 1 atom stereocenters. The topological polar surface area (TPSA) is 44.7 Å². The van der Waals surface area contributed by atoms with Gasteiger partial charge < -0.3 is 20.1 Å². The van der Waals surface area contributed by atoms with Crippen molar-refractivity contribution in [3.8, 4) is 11.5 Å². The van der Waals surface area contributed by atoms with Crippen molar-refractivity contribution in [1.82, 2.24) is 10.2 Å². The molecule has 2 rings (SSSR count). The van der Waals surface area contributed by atoms with Gasteiger partial charge >= 0.3 is 0 Å². The number of aromatic hydroxyl groups is 1. The Morgan fingerprint density at radius 3 is 3.05 bits per heavy atom. The van der Waals surface area contributed by atoms with Gasteiger partial charge in [-0.3, -0.25) is 0 Å². The number of hydrogen-bond acceptors (Lipinski definition) is 3. The minimum Gasteiger partial charge on any atom is -0.504 e. The van der Waals surface area contributed by atoms with E-state index in [2.05, 4.69) is 23.7 Å². The van der Waals surface area contributed by atoms with Crippen LogP contribution >= 0.6 is 12.2 Å². The number of thiocarbonyl (C=S) groups is 1. The predicted molar refractivity (Wildman–Crippen MR) is 84.3 cm³/mol. The molecule has 1 aromatic carbocycles. The average Bonchev–Trinajstić information content (AvgIpc) is 2.44. The highest BCUT2D eigenvalue weighted by atomic mass is 32.1. The number of fused-ring (bicyclic) bond motifs is 1. The predicted octanol–water partition coefficient (Wildman–Crippen LogP) is 2.38. The molecule has 0 aliphatic carbocycles. The Labute approximate surface area is 125 Å². The molecule has 1 aromatic rings. The third kappa shape index (κ3) is 2.72. The summed E-state index contributed by atoms with van der Waals surface area (Å²) in [6.45, 7) is 7.28. The summed E-state index contributed by atoms with van der Waals surface area (Å²) in [7, 11) is 1.56. The Balaban J connectivity index is 2.26. The van der Waals surface area contributed by atoms with Gasteiger partial charge in [0.05, 0.1) is 13.2 Å². The molecule has 0 bridgehead atoms. The minimum absolute atomic E-state index is 0.151. The summed E-state index contributed by atoms with van der Waals surface area (Å²) in [5.74, 6) is 0.696. The van der Waals surface area contributed by atoms with Crippen LogP contribution in [0.1, 0.15) is 24.1 Å². The molecule has 20 heavy (non-hydrogen) atoms. The fourth-order valence-electron chi connectivity index (χ4n) is 2.54. The molecule has 0 spiro atoms. The average molecular weight is 292 g/mol. The van der Waals surface area contributed by atoms with Gasteiger partial charge in [-0.1, -0.05) is 6.08 Å². The van der Waals surface area contributed by atoms with E-state index in [0.717, 1.165) is 29.2 Å². The molecule has 1 aliphatic heterocycles. The lowest BCUT2D eigenvalue weighted by atomic mass is 9.93. The summed E-state index contributed by atoms with van der Waals surface area (Å²) in [5.41, 5.74) is 2.30. The lowest BCUT2D eigenvalue weighted by Gasteiger charge is -2.37. The zero-order valence-electron chi connectivity index (χ0n) is 11.8. The largest absolute Gasteiger partial charge is 0.504 e. The van der Waals surface area contributed by atoms with E-state index < -0.39 is 0 Å². The van der Waals surface area contributed by atoms with Crippen molar-refractivity contribution >= 4 is 17.3 Å². The van der Waals surface area contributed by atoms with Crippen molar-refractivity contribution in [2.75, 3.05) is 20.2 Å². The standard InChI is InChI=1S/C15H20N2O2S/c1-4-6-16-15(20)17-7-5-11-8-13(18)14(19-3)9-12(11)10(17)2/h4,8-10,18H,1,5-7H2,2-3H3,(H,16,20). The number of nitrogens with one attached hydrogen (secondary N) is 1. The fourth-order valence-corrected chi connectivity index (χ4v) is 2.87. The molecule has 1 heterocycles. The second-order valence-corrected chi connectivity index (χ2v) is 5.20.